The average Bonchev–Trinajstić information content (AvgIpc) is 3.20. The first-order chi connectivity index (χ1) is 15.1. The van der Waals surface area contributed by atoms with Gasteiger partial charge in [-0.2, -0.15) is 0 Å². The number of likely N-dealkylation sites (tertiary alicyclic amines) is 1. The standard InChI is InChI=1S/C23H33N3O4S/c1-2-24-23-25-17-18(27)19(28)20(30-22(17)31-23)21(29)26-13-11-16(12-14-26)10-6-9-15-7-4-3-5-8-15/h3-5,7-8,16-20,22,27-28H,2,6,9-14H2,1H3,(H,24,25). The van der Waals surface area contributed by atoms with Crippen molar-refractivity contribution in [2.45, 2.75) is 68.8 Å². The Balaban J connectivity index is 1.26. The van der Waals surface area contributed by atoms with Crippen LogP contribution in [-0.2, 0) is 16.0 Å². The summed E-state index contributed by atoms with van der Waals surface area (Å²) in [5, 5.41) is 24.9. The lowest BCUT2D eigenvalue weighted by Gasteiger charge is -2.41. The first kappa shape index (κ1) is 22.6. The molecule has 1 aromatic carbocycles. The first-order valence-electron chi connectivity index (χ1n) is 11.4. The molecule has 1 aromatic rings. The number of thioether (sulfide) groups is 1. The third kappa shape index (κ3) is 5.25. The highest BCUT2D eigenvalue weighted by molar-refractivity contribution is 8.14. The fourth-order valence-corrected chi connectivity index (χ4v) is 5.87. The van der Waals surface area contributed by atoms with Gasteiger partial charge in [0.2, 0.25) is 0 Å². The quantitative estimate of drug-likeness (QED) is 0.615. The molecule has 3 aliphatic heterocycles. The van der Waals surface area contributed by atoms with E-state index < -0.39 is 29.8 Å². The molecule has 0 aromatic heterocycles. The van der Waals surface area contributed by atoms with E-state index >= 15 is 0 Å². The summed E-state index contributed by atoms with van der Waals surface area (Å²) >= 11 is 1.38. The van der Waals surface area contributed by atoms with E-state index in [1.165, 1.54) is 23.7 Å². The maximum atomic E-state index is 13.1. The molecule has 1 amide bonds. The summed E-state index contributed by atoms with van der Waals surface area (Å²) in [7, 11) is 0. The fraction of sp³-hybridized carbons (Fsp3) is 0.652. The van der Waals surface area contributed by atoms with Crippen molar-refractivity contribution in [3.8, 4) is 0 Å². The number of nitrogens with one attached hydrogen (secondary N) is 1. The molecule has 8 heteroatoms. The van der Waals surface area contributed by atoms with Gasteiger partial charge in [-0.25, -0.2) is 0 Å². The largest absolute Gasteiger partial charge is 0.388 e. The summed E-state index contributed by atoms with van der Waals surface area (Å²) in [5.74, 6) is 0.413. The number of aliphatic hydroxyl groups excluding tert-OH is 2. The van der Waals surface area contributed by atoms with Crippen LogP contribution < -0.4 is 5.32 Å². The maximum absolute atomic E-state index is 13.1. The van der Waals surface area contributed by atoms with Crippen molar-refractivity contribution >= 4 is 22.8 Å². The Hall–Kier alpha value is -1.61. The lowest BCUT2D eigenvalue weighted by atomic mass is 9.90. The molecule has 4 rings (SSSR count). The van der Waals surface area contributed by atoms with Crippen LogP contribution in [0.5, 0.6) is 0 Å². The van der Waals surface area contributed by atoms with Crippen LogP contribution in [-0.4, -0.2) is 75.6 Å². The van der Waals surface area contributed by atoms with Crippen LogP contribution in [0.15, 0.2) is 35.3 Å². The molecule has 0 spiro atoms. The van der Waals surface area contributed by atoms with Crippen molar-refractivity contribution in [1.82, 2.24) is 10.2 Å². The molecule has 0 aliphatic carbocycles. The number of fused-ring (bicyclic) bond motifs is 1. The second-order valence-electron chi connectivity index (χ2n) is 8.62. The molecule has 7 nitrogen and oxygen atoms in total. The van der Waals surface area contributed by atoms with Crippen LogP contribution in [0, 0.1) is 5.92 Å². The van der Waals surface area contributed by atoms with Crippen molar-refractivity contribution in [3.05, 3.63) is 35.9 Å². The van der Waals surface area contributed by atoms with Crippen molar-refractivity contribution in [2.75, 3.05) is 19.6 Å². The predicted octanol–water partition coefficient (Wildman–Crippen LogP) is 1.78. The summed E-state index contributed by atoms with van der Waals surface area (Å²) < 4.78 is 5.94. The van der Waals surface area contributed by atoms with Crippen LogP contribution >= 0.6 is 11.8 Å². The molecule has 0 saturated carbocycles. The molecule has 0 bridgehead atoms. The van der Waals surface area contributed by atoms with Gasteiger partial charge in [-0.05, 0) is 50.5 Å². The van der Waals surface area contributed by atoms with Crippen molar-refractivity contribution in [1.29, 1.82) is 0 Å². The van der Waals surface area contributed by atoms with Crippen molar-refractivity contribution < 1.29 is 19.7 Å². The number of rotatable bonds is 6. The number of aliphatic imine (C=N–C) groups is 1. The van der Waals surface area contributed by atoms with Crippen molar-refractivity contribution in [3.63, 3.8) is 0 Å². The average molecular weight is 448 g/mol. The summed E-state index contributed by atoms with van der Waals surface area (Å²) in [5.41, 5.74) is 0.954. The van der Waals surface area contributed by atoms with Gasteiger partial charge < -0.3 is 25.2 Å². The van der Waals surface area contributed by atoms with Gasteiger partial charge in [0.25, 0.3) is 5.91 Å². The first-order valence-corrected chi connectivity index (χ1v) is 12.3. The van der Waals surface area contributed by atoms with E-state index in [1.54, 1.807) is 4.90 Å². The van der Waals surface area contributed by atoms with Gasteiger partial charge in [0, 0.05) is 19.6 Å². The lowest BCUT2D eigenvalue weighted by Crippen LogP contribution is -2.63. The van der Waals surface area contributed by atoms with Crippen molar-refractivity contribution in [2.24, 2.45) is 10.9 Å². The predicted molar refractivity (Wildman–Crippen MR) is 122 cm³/mol. The molecular formula is C23H33N3O4S. The van der Waals surface area contributed by atoms with Gasteiger partial charge in [-0.3, -0.25) is 9.79 Å². The number of carbonyl (C=O) groups is 1. The van der Waals surface area contributed by atoms with Gasteiger partial charge >= 0.3 is 0 Å². The number of amides is 1. The molecule has 31 heavy (non-hydrogen) atoms. The summed E-state index contributed by atoms with van der Waals surface area (Å²) in [6.45, 7) is 3.91. The second-order valence-corrected chi connectivity index (χ2v) is 9.71. The number of ether oxygens (including phenoxy) is 1. The summed E-state index contributed by atoms with van der Waals surface area (Å²) in [6, 6.07) is 10.1. The Morgan fingerprint density at radius 1 is 1.23 bits per heavy atom. The smallest absolute Gasteiger partial charge is 0.254 e. The molecule has 3 fully saturated rings. The Bertz CT molecular complexity index is 769. The SMILES string of the molecule is CCN=C1NC2C(OC(C(=O)N3CCC(CCCc4ccccc4)CC3)C(O)C2O)S1. The number of hydrogen-bond donors (Lipinski definition) is 3. The molecule has 3 saturated heterocycles. The number of carbonyl (C=O) groups excluding carboxylic acids is 1. The normalized spacial score (nSPS) is 32.7. The van der Waals surface area contributed by atoms with Gasteiger partial charge in [0.1, 0.15) is 17.6 Å². The summed E-state index contributed by atoms with van der Waals surface area (Å²) in [4.78, 5) is 19.2. The van der Waals surface area contributed by atoms with Gasteiger partial charge in [-0.1, -0.05) is 42.1 Å². The highest BCUT2D eigenvalue weighted by Gasteiger charge is 2.52. The molecule has 3 heterocycles. The zero-order chi connectivity index (χ0) is 21.8. The lowest BCUT2D eigenvalue weighted by molar-refractivity contribution is -0.182. The van der Waals surface area contributed by atoms with Crippen LogP contribution in [0.25, 0.3) is 0 Å². The highest BCUT2D eigenvalue weighted by atomic mass is 32.2. The third-order valence-electron chi connectivity index (χ3n) is 6.51. The molecule has 5 unspecified atom stereocenters. The highest BCUT2D eigenvalue weighted by Crippen LogP contribution is 2.35. The zero-order valence-electron chi connectivity index (χ0n) is 18.0. The fourth-order valence-electron chi connectivity index (χ4n) is 4.70. The van der Waals surface area contributed by atoms with E-state index in [0.29, 0.717) is 30.7 Å². The van der Waals surface area contributed by atoms with Gasteiger partial charge in [0.15, 0.2) is 11.3 Å². The number of piperidine rings is 1. The van der Waals surface area contributed by atoms with E-state index in [2.05, 4.69) is 34.6 Å². The minimum absolute atomic E-state index is 0.214. The van der Waals surface area contributed by atoms with Crippen LogP contribution in [0.1, 0.15) is 38.2 Å². The van der Waals surface area contributed by atoms with E-state index in [-0.39, 0.29) is 5.91 Å². The zero-order valence-corrected chi connectivity index (χ0v) is 18.8. The molecule has 0 radical (unpaired) electrons. The van der Waals surface area contributed by atoms with E-state index in [4.69, 9.17) is 4.74 Å². The molecule has 5 atom stereocenters. The number of hydrogen-bond acceptors (Lipinski definition) is 6. The summed E-state index contributed by atoms with van der Waals surface area (Å²) in [6.07, 6.45) is 2.03. The maximum Gasteiger partial charge on any atom is 0.254 e. The Morgan fingerprint density at radius 3 is 2.68 bits per heavy atom. The Kier molecular flexibility index (Phi) is 7.53. The number of amidine groups is 1. The van der Waals surface area contributed by atoms with Crippen LogP contribution in [0.4, 0.5) is 0 Å². The monoisotopic (exact) mass is 447 g/mol. The van der Waals surface area contributed by atoms with Gasteiger partial charge in [0.05, 0.1) is 6.04 Å². The van der Waals surface area contributed by atoms with E-state index in [1.807, 2.05) is 13.0 Å². The number of aliphatic hydroxyl groups is 2. The number of nitrogens with zero attached hydrogens (tertiary/aromatic N) is 2. The van der Waals surface area contributed by atoms with E-state index in [9.17, 15) is 15.0 Å². The topological polar surface area (TPSA) is 94.4 Å². The number of aryl methyl sites for hydroxylation is 1. The minimum atomic E-state index is -1.24. The third-order valence-corrected chi connectivity index (χ3v) is 7.62. The number of benzene rings is 1. The Labute approximate surface area is 188 Å². The second kappa shape index (κ2) is 10.3. The molecular weight excluding hydrogens is 414 g/mol. The molecule has 3 aliphatic rings. The minimum Gasteiger partial charge on any atom is -0.388 e. The molecule has 3 N–H and O–H groups in total. The Morgan fingerprint density at radius 2 is 1.97 bits per heavy atom. The van der Waals surface area contributed by atoms with Crippen LogP contribution in [0.3, 0.4) is 0 Å². The van der Waals surface area contributed by atoms with Crippen LogP contribution in [0.2, 0.25) is 0 Å². The van der Waals surface area contributed by atoms with Gasteiger partial charge in [-0.15, -0.1) is 0 Å². The van der Waals surface area contributed by atoms with E-state index in [0.717, 1.165) is 25.7 Å². The molecule has 170 valence electrons.